The van der Waals surface area contributed by atoms with Crippen molar-refractivity contribution in [2.24, 2.45) is 0 Å². The number of imidazole rings is 1. The van der Waals surface area contributed by atoms with Gasteiger partial charge in [0.15, 0.2) is 17.0 Å². The van der Waals surface area contributed by atoms with Gasteiger partial charge in [0, 0.05) is 38.1 Å². The van der Waals surface area contributed by atoms with Gasteiger partial charge in [-0.05, 0) is 72.9 Å². The first kappa shape index (κ1) is 38.2. The van der Waals surface area contributed by atoms with E-state index in [0.717, 1.165) is 21.6 Å². The number of aromatic nitrogens is 4. The first-order valence-electron chi connectivity index (χ1n) is 19.1. The second kappa shape index (κ2) is 15.7. The van der Waals surface area contributed by atoms with Gasteiger partial charge in [-0.25, -0.2) is 14.6 Å². The van der Waals surface area contributed by atoms with E-state index < -0.39 is 42.3 Å². The molecule has 3 aliphatic rings. The molecule has 6 atom stereocenters. The van der Waals surface area contributed by atoms with Gasteiger partial charge < -0.3 is 56.3 Å². The van der Waals surface area contributed by atoms with Crippen molar-refractivity contribution in [1.29, 1.82) is 0 Å². The van der Waals surface area contributed by atoms with Gasteiger partial charge in [0.05, 0.1) is 18.4 Å². The molecule has 0 bridgehead atoms. The fourth-order valence-electron chi connectivity index (χ4n) is 8.05. The predicted octanol–water partition coefficient (Wildman–Crippen LogP) is 2.24. The topological polar surface area (TPSA) is 251 Å². The van der Waals surface area contributed by atoms with Gasteiger partial charge in [0.25, 0.3) is 5.91 Å². The lowest BCUT2D eigenvalue weighted by molar-refractivity contribution is -0.130. The number of imide groups is 1. The third-order valence-electron chi connectivity index (χ3n) is 11.1. The smallest absolute Gasteiger partial charge is 0.325 e. The Morgan fingerprint density at radius 2 is 1.60 bits per heavy atom. The van der Waals surface area contributed by atoms with Crippen LogP contribution in [-0.2, 0) is 11.3 Å². The second-order valence-electron chi connectivity index (χ2n) is 15.0. The number of anilines is 2. The molecule has 3 aromatic carbocycles. The van der Waals surface area contributed by atoms with Crippen molar-refractivity contribution in [2.75, 3.05) is 29.9 Å². The largest absolute Gasteiger partial charge is 0.508 e. The summed E-state index contributed by atoms with van der Waals surface area (Å²) < 4.78 is 1.64. The molecule has 18 nitrogen and oxygen atoms in total. The van der Waals surface area contributed by atoms with Gasteiger partial charge >= 0.3 is 12.1 Å². The maximum absolute atomic E-state index is 12.9. The number of carbonyl (C=O) groups excluding carboxylic acids is 3. The Labute approximate surface area is 332 Å². The molecule has 18 heteroatoms. The van der Waals surface area contributed by atoms with Gasteiger partial charge in [0.2, 0.25) is 5.95 Å². The standard InChI is InChI=1S/C40H44N10O8/c1-21-37(56)50(40(58)44-21)31-16-30(33(54)34(31)55)49-20-43-32-35(41-18-29(23-5-9-26(51)10-6-23)24-7-11-27(52)12-8-24)46-38(47-36(32)49)48-14-13-25(19-48)45-39(57)42-17-22-3-2-4-28(53)15-22/h2-12,15,20-21,25,29-31,33-34,51-55H,13-14,16-19H2,1H3,(H,44,58)(H,41,46,47)(H2,42,45,57)/t21?,25?,30-,31+,33+,34-/m1/s1. The van der Waals surface area contributed by atoms with E-state index in [4.69, 9.17) is 9.97 Å². The van der Waals surface area contributed by atoms with E-state index in [0.29, 0.717) is 49.0 Å². The monoisotopic (exact) mass is 792 g/mol. The summed E-state index contributed by atoms with van der Waals surface area (Å²) >= 11 is 0. The van der Waals surface area contributed by atoms with Crippen LogP contribution < -0.4 is 26.2 Å². The lowest BCUT2D eigenvalue weighted by Crippen LogP contribution is -2.47. The van der Waals surface area contributed by atoms with Crippen LogP contribution in [0.1, 0.15) is 48.4 Å². The van der Waals surface area contributed by atoms with Crippen LogP contribution in [0.3, 0.4) is 0 Å². The van der Waals surface area contributed by atoms with Crippen LogP contribution >= 0.6 is 0 Å². The van der Waals surface area contributed by atoms with E-state index in [9.17, 15) is 39.9 Å². The summed E-state index contributed by atoms with van der Waals surface area (Å²) in [5.74, 6) is 0.272. The van der Waals surface area contributed by atoms with E-state index in [-0.39, 0.29) is 48.2 Å². The molecule has 302 valence electrons. The van der Waals surface area contributed by atoms with Crippen LogP contribution in [0.4, 0.5) is 21.4 Å². The van der Waals surface area contributed by atoms with E-state index in [1.807, 2.05) is 29.2 Å². The Kier molecular flexibility index (Phi) is 10.3. The van der Waals surface area contributed by atoms with Crippen molar-refractivity contribution >= 4 is 40.9 Å². The molecule has 1 saturated carbocycles. The number of nitrogens with zero attached hydrogens (tertiary/aromatic N) is 6. The lowest BCUT2D eigenvalue weighted by Gasteiger charge is -2.24. The van der Waals surface area contributed by atoms with Crippen LogP contribution in [0.5, 0.6) is 17.2 Å². The highest BCUT2D eigenvalue weighted by molar-refractivity contribution is 6.04. The van der Waals surface area contributed by atoms with Crippen molar-refractivity contribution in [1.82, 2.24) is 40.4 Å². The number of aromatic hydroxyl groups is 3. The van der Waals surface area contributed by atoms with Gasteiger partial charge in [0.1, 0.15) is 35.5 Å². The lowest BCUT2D eigenvalue weighted by atomic mass is 9.91. The maximum atomic E-state index is 12.9. The minimum Gasteiger partial charge on any atom is -0.508 e. The van der Waals surface area contributed by atoms with E-state index in [2.05, 4.69) is 26.3 Å². The molecule has 2 aliphatic heterocycles. The van der Waals surface area contributed by atoms with Gasteiger partial charge in [-0.1, -0.05) is 36.4 Å². The van der Waals surface area contributed by atoms with Gasteiger partial charge in [-0.15, -0.1) is 0 Å². The highest BCUT2D eigenvalue weighted by Crippen LogP contribution is 2.38. The number of benzene rings is 3. The summed E-state index contributed by atoms with van der Waals surface area (Å²) in [5, 5.41) is 64.2. The SMILES string of the molecule is CC1NC(=O)N([C@H]2C[C@@H](n3cnc4c(NCC(c5ccc(O)cc5)c5ccc(O)cc5)nc(N5CCC(NC(=O)NCc6cccc(O)c6)C5)nc43)[C@H](O)[C@@H]2O)C1=O. The number of amides is 5. The summed E-state index contributed by atoms with van der Waals surface area (Å²) in [6.07, 6.45) is -0.678. The first-order valence-corrected chi connectivity index (χ1v) is 19.1. The van der Waals surface area contributed by atoms with E-state index in [1.54, 1.807) is 60.0 Å². The molecule has 2 aromatic heterocycles. The predicted molar refractivity (Wildman–Crippen MR) is 210 cm³/mol. The summed E-state index contributed by atoms with van der Waals surface area (Å²) in [6.45, 7) is 2.95. The molecule has 2 saturated heterocycles. The summed E-state index contributed by atoms with van der Waals surface area (Å²) in [5.41, 5.74) is 3.21. The number of hydrogen-bond donors (Lipinski definition) is 9. The summed E-state index contributed by atoms with van der Waals surface area (Å²) in [6, 6.07) is 16.5. The summed E-state index contributed by atoms with van der Waals surface area (Å²) in [7, 11) is 0. The van der Waals surface area contributed by atoms with E-state index in [1.165, 1.54) is 6.33 Å². The number of phenolic OH excluding ortho intramolecular Hbond substituents is 3. The average molecular weight is 793 g/mol. The fourth-order valence-corrected chi connectivity index (χ4v) is 8.05. The van der Waals surface area contributed by atoms with Crippen molar-refractivity contribution in [3.8, 4) is 17.2 Å². The molecule has 5 amide bonds. The van der Waals surface area contributed by atoms with Gasteiger partial charge in [-0.2, -0.15) is 9.97 Å². The van der Waals surface area contributed by atoms with Crippen molar-refractivity contribution < 1.29 is 39.9 Å². The average Bonchev–Trinajstić information content (AvgIpc) is 3.97. The zero-order valence-electron chi connectivity index (χ0n) is 31.4. The number of nitrogens with one attached hydrogen (secondary N) is 4. The molecule has 0 radical (unpaired) electrons. The molecular weight excluding hydrogens is 749 g/mol. The summed E-state index contributed by atoms with van der Waals surface area (Å²) in [4.78, 5) is 55.9. The number of fused-ring (bicyclic) bond motifs is 1. The fraction of sp³-hybridized carbons (Fsp3) is 0.350. The molecule has 8 rings (SSSR count). The third-order valence-corrected chi connectivity index (χ3v) is 11.1. The minimum absolute atomic E-state index is 0.0406. The molecule has 4 heterocycles. The minimum atomic E-state index is -1.43. The molecule has 5 aromatic rings. The zero-order chi connectivity index (χ0) is 40.7. The number of aliphatic hydroxyl groups is 2. The Hall–Kier alpha value is -6.66. The maximum Gasteiger partial charge on any atom is 0.325 e. The Morgan fingerprint density at radius 1 is 0.914 bits per heavy atom. The van der Waals surface area contributed by atoms with Crippen molar-refractivity contribution in [2.45, 2.75) is 68.6 Å². The highest BCUT2D eigenvalue weighted by atomic mass is 16.3. The van der Waals surface area contributed by atoms with Crippen molar-refractivity contribution in [3.05, 3.63) is 95.8 Å². The highest BCUT2D eigenvalue weighted by Gasteiger charge is 2.51. The van der Waals surface area contributed by atoms with Gasteiger partial charge in [-0.3, -0.25) is 9.69 Å². The number of phenols is 3. The van der Waals surface area contributed by atoms with Crippen LogP contribution in [0.15, 0.2) is 79.1 Å². The molecule has 58 heavy (non-hydrogen) atoms. The molecule has 9 N–H and O–H groups in total. The van der Waals surface area contributed by atoms with Crippen molar-refractivity contribution in [3.63, 3.8) is 0 Å². The van der Waals surface area contributed by atoms with E-state index >= 15 is 0 Å². The molecule has 2 unspecified atom stereocenters. The normalized spacial score (nSPS) is 23.2. The van der Waals surface area contributed by atoms with Crippen LogP contribution in [0.25, 0.3) is 11.2 Å². The molecule has 1 aliphatic carbocycles. The zero-order valence-corrected chi connectivity index (χ0v) is 31.4. The number of urea groups is 2. The van der Waals surface area contributed by atoms with Crippen LogP contribution in [-0.4, -0.2) is 118 Å². The Bertz CT molecular complexity index is 2280. The molecule has 3 fully saturated rings. The van der Waals surface area contributed by atoms with Crippen LogP contribution in [0, 0.1) is 0 Å². The molecular formula is C40H44N10O8. The Balaban J connectivity index is 1.09. The van der Waals surface area contributed by atoms with Crippen LogP contribution in [0.2, 0.25) is 0 Å². The third kappa shape index (κ3) is 7.58. The number of aliphatic hydroxyl groups excluding tert-OH is 2. The quantitative estimate of drug-likeness (QED) is 0.0872. The second-order valence-corrected chi connectivity index (χ2v) is 15.0. The number of carbonyl (C=O) groups is 3. The molecule has 0 spiro atoms. The Morgan fingerprint density at radius 3 is 2.26 bits per heavy atom. The number of rotatable bonds is 11. The first-order chi connectivity index (χ1) is 27.9. The number of hydrogen-bond acceptors (Lipinski definition) is 13.